The van der Waals surface area contributed by atoms with Gasteiger partial charge in [-0.3, -0.25) is 0 Å². The maximum atomic E-state index is 6.61. The van der Waals surface area contributed by atoms with Gasteiger partial charge in [0.2, 0.25) is 6.33 Å². The number of aromatic nitrogens is 6. The molecular weight excluding hydrogens is 896 g/mol. The molecule has 5 aromatic heterocycles. The van der Waals surface area contributed by atoms with E-state index in [0.717, 1.165) is 55.5 Å². The van der Waals surface area contributed by atoms with Crippen molar-refractivity contribution in [3.8, 4) is 28.7 Å². The van der Waals surface area contributed by atoms with Crippen LogP contribution in [0.5, 0.6) is 11.5 Å². The summed E-state index contributed by atoms with van der Waals surface area (Å²) < 4.78 is 17.5. The fourth-order valence-corrected chi connectivity index (χ4v) is 8.74. The second kappa shape index (κ2) is 13.3. The Kier molecular flexibility index (Phi) is 8.26. The van der Waals surface area contributed by atoms with Crippen molar-refractivity contribution in [1.82, 2.24) is 23.3 Å². The van der Waals surface area contributed by atoms with E-state index in [1.165, 1.54) is 32.6 Å². The van der Waals surface area contributed by atoms with Crippen LogP contribution in [0.25, 0.3) is 82.6 Å². The minimum Gasteiger partial charge on any atom is -0.510 e. The molecule has 8 heteroatoms. The summed E-state index contributed by atoms with van der Waals surface area (Å²) in [6.45, 7) is 6.74. The molecule has 0 unspecified atom stereocenters. The number of aryl methyl sites for hydroxylation is 2. The summed E-state index contributed by atoms with van der Waals surface area (Å²) in [5, 5.41) is 7.01. The van der Waals surface area contributed by atoms with Crippen LogP contribution >= 0.6 is 0 Å². The van der Waals surface area contributed by atoms with E-state index in [1.54, 1.807) is 0 Å². The smallest absolute Gasteiger partial charge is 0.241 e. The van der Waals surface area contributed by atoms with Gasteiger partial charge in [-0.15, -0.1) is 29.7 Å². The molecule has 0 aliphatic heterocycles. The number of rotatable bonds is 5. The fraction of sp³-hybridized carbons (Fsp3) is 0.120. The van der Waals surface area contributed by atoms with E-state index in [9.17, 15) is 0 Å². The molecule has 6 aromatic carbocycles. The van der Waals surface area contributed by atoms with Crippen LogP contribution in [0.1, 0.15) is 26.3 Å². The van der Waals surface area contributed by atoms with E-state index in [2.05, 4.69) is 157 Å². The van der Waals surface area contributed by atoms with Crippen molar-refractivity contribution >= 4 is 65.4 Å². The molecule has 0 fully saturated rings. The third kappa shape index (κ3) is 5.37. The molecule has 0 saturated carbocycles. The van der Waals surface area contributed by atoms with Gasteiger partial charge in [-0.25, -0.2) is 4.98 Å². The molecule has 0 atom stereocenters. The molecule has 7 nitrogen and oxygen atoms in total. The van der Waals surface area contributed by atoms with Crippen molar-refractivity contribution in [1.29, 1.82) is 0 Å². The van der Waals surface area contributed by atoms with Crippen LogP contribution in [0.2, 0.25) is 0 Å². The maximum absolute atomic E-state index is 6.61. The Morgan fingerprint density at radius 3 is 2.10 bits per heavy atom. The third-order valence-corrected chi connectivity index (χ3v) is 11.3. The van der Waals surface area contributed by atoms with E-state index in [1.807, 2.05) is 59.0 Å². The van der Waals surface area contributed by atoms with E-state index < -0.39 is 0 Å². The molecular formula is C50H38N6OPt-2. The zero-order valence-electron chi connectivity index (χ0n) is 32.7. The monoisotopic (exact) mass is 933 g/mol. The average molecular weight is 934 g/mol. The first-order chi connectivity index (χ1) is 27.7. The van der Waals surface area contributed by atoms with Gasteiger partial charge in [-0.2, -0.15) is 18.2 Å². The standard InChI is InChI=1S/C50H38N6O.Pt/c1-50(2,3)32-24-25-51-43(28-32)56-42-30-36(57-35-17-13-16-34(29-35)54-27-26-52(4)31-54)22-23-39(42)45-44-38-19-10-12-21-41(38)55(33-14-7-6-8-15-33)47(44)46-37-18-9-11-20-40(37)53(5)48(46)49(45)56;/h6-28H,1-5H3;/q-2;. The number of nitrogens with zero attached hydrogens (tertiary/aromatic N) is 6. The molecule has 58 heavy (non-hydrogen) atoms. The Morgan fingerprint density at radius 1 is 0.638 bits per heavy atom. The first kappa shape index (κ1) is 35.9. The van der Waals surface area contributed by atoms with Crippen molar-refractivity contribution in [3.05, 3.63) is 164 Å². The number of para-hydroxylation sites is 3. The summed E-state index contributed by atoms with van der Waals surface area (Å²) in [5.74, 6) is 2.01. The summed E-state index contributed by atoms with van der Waals surface area (Å²) in [7, 11) is 4.14. The largest absolute Gasteiger partial charge is 0.510 e. The Hall–Kier alpha value is -6.43. The summed E-state index contributed by atoms with van der Waals surface area (Å²) in [6.07, 6.45) is 9.09. The Morgan fingerprint density at radius 2 is 1.34 bits per heavy atom. The number of fused-ring (bicyclic) bond motifs is 12. The van der Waals surface area contributed by atoms with E-state index >= 15 is 0 Å². The second-order valence-corrected chi connectivity index (χ2v) is 15.9. The molecule has 0 spiro atoms. The molecule has 5 heterocycles. The molecule has 11 rings (SSSR count). The molecule has 11 aromatic rings. The van der Waals surface area contributed by atoms with Crippen LogP contribution in [0.15, 0.2) is 140 Å². The molecule has 0 N–H and O–H groups in total. The fourth-order valence-electron chi connectivity index (χ4n) is 8.74. The molecule has 0 saturated heterocycles. The first-order valence-corrected chi connectivity index (χ1v) is 19.3. The Bertz CT molecular complexity index is 3400. The molecule has 0 aliphatic carbocycles. The topological polar surface area (TPSA) is 45.7 Å². The number of benzene rings is 6. The van der Waals surface area contributed by atoms with E-state index in [0.29, 0.717) is 11.5 Å². The van der Waals surface area contributed by atoms with Gasteiger partial charge in [-0.05, 0) is 52.8 Å². The van der Waals surface area contributed by atoms with Gasteiger partial charge >= 0.3 is 0 Å². The molecule has 0 aliphatic rings. The van der Waals surface area contributed by atoms with Crippen LogP contribution in [0.3, 0.4) is 0 Å². The van der Waals surface area contributed by atoms with Gasteiger partial charge in [0.05, 0.1) is 29.1 Å². The normalized spacial score (nSPS) is 12.1. The quantitative estimate of drug-likeness (QED) is 0.128. The Labute approximate surface area is 350 Å². The summed E-state index contributed by atoms with van der Waals surface area (Å²) in [6, 6.07) is 50.0. The maximum Gasteiger partial charge on any atom is 0.241 e. The zero-order valence-corrected chi connectivity index (χ0v) is 35.0. The average Bonchev–Trinajstić information content (AvgIpc) is 3.98. The number of ether oxygens (including phenoxy) is 1. The van der Waals surface area contributed by atoms with Gasteiger partial charge in [0.15, 0.2) is 0 Å². The predicted octanol–water partition coefficient (Wildman–Crippen LogP) is 11.0. The Balaban J connectivity index is 0.00000408. The minimum absolute atomic E-state index is 0. The van der Waals surface area contributed by atoms with Crippen LogP contribution < -0.4 is 9.30 Å². The van der Waals surface area contributed by atoms with Gasteiger partial charge in [0, 0.05) is 91.0 Å². The number of hydrogen-bond donors (Lipinski definition) is 0. The summed E-state index contributed by atoms with van der Waals surface area (Å²) in [4.78, 5) is 5.12. The number of pyridine rings is 1. The summed E-state index contributed by atoms with van der Waals surface area (Å²) in [5.41, 5.74) is 9.66. The van der Waals surface area contributed by atoms with E-state index in [4.69, 9.17) is 9.72 Å². The first-order valence-electron chi connectivity index (χ1n) is 19.3. The van der Waals surface area contributed by atoms with E-state index in [-0.39, 0.29) is 26.5 Å². The van der Waals surface area contributed by atoms with Gasteiger partial charge in [0.25, 0.3) is 0 Å². The third-order valence-electron chi connectivity index (χ3n) is 11.3. The molecule has 0 amide bonds. The van der Waals surface area contributed by atoms with Crippen LogP contribution in [-0.4, -0.2) is 23.3 Å². The van der Waals surface area contributed by atoms with Crippen molar-refractivity contribution in [2.24, 2.45) is 14.1 Å². The van der Waals surface area contributed by atoms with Crippen molar-refractivity contribution in [2.75, 3.05) is 0 Å². The molecule has 0 bridgehead atoms. The van der Waals surface area contributed by atoms with Gasteiger partial charge in [0.1, 0.15) is 5.82 Å². The SMILES string of the molecule is Cn1[c-][n+](-c2[c-]c(Oc3[c-]c4c(cc3)c3c5c6ccccc6n(-c6ccccc6)c5c5c6ccccc6n(C)c5c3n4-c3cc(C(C)(C)C)ccn3)ccc2)cc1.[Pt]. The zero-order chi connectivity index (χ0) is 38.6. The molecule has 286 valence electrons. The molecule has 0 radical (unpaired) electrons. The van der Waals surface area contributed by atoms with Gasteiger partial charge in [-0.1, -0.05) is 86.6 Å². The van der Waals surface area contributed by atoms with Gasteiger partial charge < -0.3 is 27.6 Å². The van der Waals surface area contributed by atoms with Crippen LogP contribution in [-0.2, 0) is 40.6 Å². The van der Waals surface area contributed by atoms with Crippen molar-refractivity contribution in [3.63, 3.8) is 0 Å². The second-order valence-electron chi connectivity index (χ2n) is 15.9. The van der Waals surface area contributed by atoms with Crippen molar-refractivity contribution in [2.45, 2.75) is 26.2 Å². The number of hydrogen-bond acceptors (Lipinski definition) is 2. The summed E-state index contributed by atoms with van der Waals surface area (Å²) >= 11 is 0. The minimum atomic E-state index is -0.0885. The van der Waals surface area contributed by atoms with Crippen molar-refractivity contribution < 1.29 is 30.4 Å². The predicted molar refractivity (Wildman–Crippen MR) is 229 cm³/mol. The van der Waals surface area contributed by atoms with Crippen LogP contribution in [0, 0.1) is 18.5 Å². The number of imidazole rings is 1. The van der Waals surface area contributed by atoms with Crippen LogP contribution in [0.4, 0.5) is 0 Å².